The van der Waals surface area contributed by atoms with Crippen LogP contribution in [0.1, 0.15) is 11.1 Å². The van der Waals surface area contributed by atoms with Gasteiger partial charge in [-0.1, -0.05) is 146 Å². The molecule has 0 bridgehead atoms. The van der Waals surface area contributed by atoms with Crippen molar-refractivity contribution >= 4 is 43.6 Å². The van der Waals surface area contributed by atoms with Gasteiger partial charge in [-0.25, -0.2) is 15.0 Å². The smallest absolute Gasteiger partial charge is 0.164 e. The van der Waals surface area contributed by atoms with E-state index < -0.39 is 0 Å². The van der Waals surface area contributed by atoms with Gasteiger partial charge >= 0.3 is 0 Å². The molecule has 3 heterocycles. The lowest BCUT2D eigenvalue weighted by Gasteiger charge is -2.12. The molecule has 12 aromatic rings. The third-order valence-corrected chi connectivity index (χ3v) is 12.7. The number of para-hydroxylation sites is 3. The molecule has 0 N–H and O–H groups in total. The SMILES string of the molecule is Cc1ccccc1-c1nc(-c2cccc(-c3ccc4c(c3)c3ccccc3n4-c3ccc(-c4ccc5c(c4)c4ccccc4n5-c4ccccc4)cc3)c2)nc(-c2ccccc2C)n1. The fourth-order valence-corrected chi connectivity index (χ4v) is 9.47. The van der Waals surface area contributed by atoms with Crippen molar-refractivity contribution in [3.8, 4) is 67.8 Å². The van der Waals surface area contributed by atoms with Crippen LogP contribution < -0.4 is 0 Å². The zero-order valence-electron chi connectivity index (χ0n) is 35.4. The van der Waals surface area contributed by atoms with E-state index in [0.29, 0.717) is 17.5 Å². The van der Waals surface area contributed by atoms with Crippen molar-refractivity contribution in [1.82, 2.24) is 24.1 Å². The number of hydrogen-bond acceptors (Lipinski definition) is 3. The number of aromatic nitrogens is 5. The van der Waals surface area contributed by atoms with E-state index in [4.69, 9.17) is 15.0 Å². The van der Waals surface area contributed by atoms with Crippen molar-refractivity contribution in [2.24, 2.45) is 0 Å². The van der Waals surface area contributed by atoms with Crippen LogP contribution in [0.15, 0.2) is 212 Å². The van der Waals surface area contributed by atoms with Gasteiger partial charge in [-0.2, -0.15) is 0 Å². The molecule has 302 valence electrons. The highest BCUT2D eigenvalue weighted by atomic mass is 15.0. The molecule has 0 atom stereocenters. The first-order valence-electron chi connectivity index (χ1n) is 21.8. The zero-order chi connectivity index (χ0) is 42.7. The molecule has 0 aliphatic carbocycles. The topological polar surface area (TPSA) is 48.5 Å². The molecular weight excluding hydrogens is 779 g/mol. The van der Waals surface area contributed by atoms with Crippen molar-refractivity contribution < 1.29 is 0 Å². The summed E-state index contributed by atoms with van der Waals surface area (Å²) in [6.45, 7) is 4.20. The molecule has 0 unspecified atom stereocenters. The molecule has 0 radical (unpaired) electrons. The monoisotopic (exact) mass is 819 g/mol. The van der Waals surface area contributed by atoms with Crippen LogP contribution in [0.3, 0.4) is 0 Å². The summed E-state index contributed by atoms with van der Waals surface area (Å²) in [5.41, 5.74) is 16.8. The molecule has 0 fully saturated rings. The highest BCUT2D eigenvalue weighted by Crippen LogP contribution is 2.38. The molecule has 0 saturated heterocycles. The molecule has 0 aliphatic heterocycles. The molecule has 0 spiro atoms. The van der Waals surface area contributed by atoms with E-state index in [-0.39, 0.29) is 0 Å². The van der Waals surface area contributed by atoms with E-state index in [2.05, 4.69) is 211 Å². The summed E-state index contributed by atoms with van der Waals surface area (Å²) in [6, 6.07) is 75.8. The molecule has 0 amide bonds. The van der Waals surface area contributed by atoms with Crippen LogP contribution in [0.25, 0.3) is 111 Å². The second-order valence-corrected chi connectivity index (χ2v) is 16.6. The van der Waals surface area contributed by atoms with E-state index in [1.165, 1.54) is 49.2 Å². The lowest BCUT2D eigenvalue weighted by Crippen LogP contribution is -2.01. The predicted octanol–water partition coefficient (Wildman–Crippen LogP) is 15.0. The maximum absolute atomic E-state index is 5.09. The molecule has 5 nitrogen and oxygen atoms in total. The Morgan fingerprint density at radius 1 is 0.281 bits per heavy atom. The van der Waals surface area contributed by atoms with Gasteiger partial charge in [0.15, 0.2) is 17.5 Å². The second kappa shape index (κ2) is 15.2. The number of benzene rings is 9. The summed E-state index contributed by atoms with van der Waals surface area (Å²) in [5.74, 6) is 1.98. The van der Waals surface area contributed by atoms with Crippen LogP contribution in [-0.2, 0) is 0 Å². The number of fused-ring (bicyclic) bond motifs is 6. The summed E-state index contributed by atoms with van der Waals surface area (Å²) in [4.78, 5) is 15.2. The Morgan fingerprint density at radius 3 is 1.28 bits per heavy atom. The van der Waals surface area contributed by atoms with Gasteiger partial charge in [0.2, 0.25) is 0 Å². The molecule has 12 rings (SSSR count). The lowest BCUT2D eigenvalue weighted by molar-refractivity contribution is 1.07. The second-order valence-electron chi connectivity index (χ2n) is 16.6. The van der Waals surface area contributed by atoms with Gasteiger partial charge in [-0.15, -0.1) is 0 Å². The lowest BCUT2D eigenvalue weighted by atomic mass is 10.0. The minimum absolute atomic E-state index is 0.647. The van der Waals surface area contributed by atoms with Crippen LogP contribution in [-0.4, -0.2) is 24.1 Å². The Hall–Kier alpha value is -8.41. The first-order valence-corrected chi connectivity index (χ1v) is 21.8. The molecule has 0 saturated carbocycles. The van der Waals surface area contributed by atoms with Gasteiger partial charge in [0.25, 0.3) is 0 Å². The molecule has 0 aliphatic rings. The largest absolute Gasteiger partial charge is 0.309 e. The molecule has 5 heteroatoms. The number of nitrogens with zero attached hydrogens (tertiary/aromatic N) is 5. The van der Waals surface area contributed by atoms with E-state index >= 15 is 0 Å². The van der Waals surface area contributed by atoms with Crippen molar-refractivity contribution in [3.05, 3.63) is 223 Å². The average Bonchev–Trinajstić information content (AvgIpc) is 3.87. The zero-order valence-corrected chi connectivity index (χ0v) is 35.4. The maximum atomic E-state index is 5.09. The average molecular weight is 820 g/mol. The van der Waals surface area contributed by atoms with E-state index in [1.807, 2.05) is 24.3 Å². The maximum Gasteiger partial charge on any atom is 0.164 e. The highest BCUT2D eigenvalue weighted by molar-refractivity contribution is 6.11. The number of rotatable bonds is 7. The van der Waals surface area contributed by atoms with Gasteiger partial charge in [-0.05, 0) is 114 Å². The van der Waals surface area contributed by atoms with Gasteiger partial charge in [0.1, 0.15) is 0 Å². The normalized spacial score (nSPS) is 11.6. The fraction of sp³-hybridized carbons (Fsp3) is 0.0339. The van der Waals surface area contributed by atoms with E-state index in [1.54, 1.807) is 0 Å². The van der Waals surface area contributed by atoms with Crippen LogP contribution in [0.4, 0.5) is 0 Å². The Kier molecular flexibility index (Phi) is 8.87. The highest BCUT2D eigenvalue weighted by Gasteiger charge is 2.18. The first-order chi connectivity index (χ1) is 31.6. The van der Waals surface area contributed by atoms with Gasteiger partial charge in [0.05, 0.1) is 22.1 Å². The van der Waals surface area contributed by atoms with Crippen molar-refractivity contribution in [2.75, 3.05) is 0 Å². The summed E-state index contributed by atoms with van der Waals surface area (Å²) >= 11 is 0. The molecule has 3 aromatic heterocycles. The molecule has 9 aromatic carbocycles. The van der Waals surface area contributed by atoms with Crippen molar-refractivity contribution in [1.29, 1.82) is 0 Å². The summed E-state index contributed by atoms with van der Waals surface area (Å²) < 4.78 is 4.75. The molecule has 64 heavy (non-hydrogen) atoms. The van der Waals surface area contributed by atoms with Crippen LogP contribution in [0.2, 0.25) is 0 Å². The minimum atomic E-state index is 0.647. The predicted molar refractivity (Wildman–Crippen MR) is 265 cm³/mol. The summed E-state index contributed by atoms with van der Waals surface area (Å²) in [5, 5.41) is 4.91. The summed E-state index contributed by atoms with van der Waals surface area (Å²) in [7, 11) is 0. The van der Waals surface area contributed by atoms with Gasteiger partial charge in [0, 0.05) is 49.6 Å². The Bertz CT molecular complexity index is 3680. The van der Waals surface area contributed by atoms with Crippen molar-refractivity contribution in [3.63, 3.8) is 0 Å². The van der Waals surface area contributed by atoms with Gasteiger partial charge in [-0.3, -0.25) is 0 Å². The fourth-order valence-electron chi connectivity index (χ4n) is 9.47. The Labute approximate surface area is 371 Å². The minimum Gasteiger partial charge on any atom is -0.309 e. The van der Waals surface area contributed by atoms with E-state index in [0.717, 1.165) is 55.8 Å². The number of aryl methyl sites for hydroxylation is 2. The third-order valence-electron chi connectivity index (χ3n) is 12.7. The van der Waals surface area contributed by atoms with Gasteiger partial charge < -0.3 is 9.13 Å². The quantitative estimate of drug-likeness (QED) is 0.161. The summed E-state index contributed by atoms with van der Waals surface area (Å²) in [6.07, 6.45) is 0. The Morgan fingerprint density at radius 2 is 0.703 bits per heavy atom. The van der Waals surface area contributed by atoms with Crippen molar-refractivity contribution in [2.45, 2.75) is 13.8 Å². The van der Waals surface area contributed by atoms with Crippen LogP contribution in [0.5, 0.6) is 0 Å². The van der Waals surface area contributed by atoms with Crippen LogP contribution in [0, 0.1) is 13.8 Å². The number of hydrogen-bond donors (Lipinski definition) is 0. The third kappa shape index (κ3) is 6.28. The molecular formula is C59H41N5. The standard InChI is InChI=1S/C59H41N5/c1-38-15-6-8-21-47(38)58-60-57(61-59(62-58)48-22-9-7-16-39(48)2)44-18-14-17-41(35-44)43-30-34-56-52(37-43)50-24-11-13-26-54(50)64(56)46-31-27-40(28-32-46)42-29-33-55-51(36-42)49-23-10-12-25-53(49)63(55)45-19-4-3-5-20-45/h3-37H,1-2H3. The Balaban J connectivity index is 0.919. The van der Waals surface area contributed by atoms with E-state index in [9.17, 15) is 0 Å². The first kappa shape index (κ1) is 37.4. The van der Waals surface area contributed by atoms with Crippen LogP contribution >= 0.6 is 0 Å².